The summed E-state index contributed by atoms with van der Waals surface area (Å²) >= 11 is 1.74. The van der Waals surface area contributed by atoms with Gasteiger partial charge < -0.3 is 14.8 Å². The minimum atomic E-state index is 0.602. The van der Waals surface area contributed by atoms with Crippen LogP contribution in [0, 0.1) is 0 Å². The van der Waals surface area contributed by atoms with Gasteiger partial charge in [-0.2, -0.15) is 0 Å². The highest BCUT2D eigenvalue weighted by atomic mass is 32.1. The Morgan fingerprint density at radius 1 is 1.53 bits per heavy atom. The molecule has 0 aromatic carbocycles. The van der Waals surface area contributed by atoms with Crippen LogP contribution in [0.25, 0.3) is 0 Å². The molecule has 1 fully saturated rings. The molecule has 2 heterocycles. The molecule has 3 nitrogen and oxygen atoms in total. The molecule has 0 aliphatic carbocycles. The highest BCUT2D eigenvalue weighted by molar-refractivity contribution is 7.10. The topological polar surface area (TPSA) is 30.5 Å². The largest absolute Gasteiger partial charge is 0.496 e. The zero-order valence-electron chi connectivity index (χ0n) is 8.99. The summed E-state index contributed by atoms with van der Waals surface area (Å²) in [5.74, 6) is 1.000. The summed E-state index contributed by atoms with van der Waals surface area (Å²) in [6.07, 6.45) is 2.24. The van der Waals surface area contributed by atoms with Crippen molar-refractivity contribution < 1.29 is 9.47 Å². The standard InChI is InChI=1S/C11H17NO2S/c1-13-10-4-7-15-11(10)8-12-9-2-5-14-6-3-9/h4,7,9,12H,2-3,5-6,8H2,1H3. The summed E-state index contributed by atoms with van der Waals surface area (Å²) in [5.41, 5.74) is 0. The van der Waals surface area contributed by atoms with Crippen molar-refractivity contribution in [2.24, 2.45) is 0 Å². The van der Waals surface area contributed by atoms with Crippen LogP contribution >= 0.6 is 11.3 Å². The predicted octanol–water partition coefficient (Wildman–Crippen LogP) is 2.03. The van der Waals surface area contributed by atoms with E-state index >= 15 is 0 Å². The Bertz CT molecular complexity index is 295. The number of nitrogens with one attached hydrogen (secondary N) is 1. The van der Waals surface area contributed by atoms with E-state index in [-0.39, 0.29) is 0 Å². The number of hydrogen-bond donors (Lipinski definition) is 1. The fourth-order valence-electron chi connectivity index (χ4n) is 1.78. The Hall–Kier alpha value is -0.580. The lowest BCUT2D eigenvalue weighted by molar-refractivity contribution is 0.0776. The Morgan fingerprint density at radius 2 is 2.33 bits per heavy atom. The minimum absolute atomic E-state index is 0.602. The van der Waals surface area contributed by atoms with E-state index in [1.165, 1.54) is 4.88 Å². The molecule has 0 radical (unpaired) electrons. The molecular weight excluding hydrogens is 210 g/mol. The lowest BCUT2D eigenvalue weighted by atomic mass is 10.1. The summed E-state index contributed by atoms with van der Waals surface area (Å²) in [4.78, 5) is 1.28. The van der Waals surface area contributed by atoms with Crippen LogP contribution in [-0.2, 0) is 11.3 Å². The SMILES string of the molecule is COc1ccsc1CNC1CCOCC1. The van der Waals surface area contributed by atoms with Crippen molar-refractivity contribution in [2.75, 3.05) is 20.3 Å². The van der Waals surface area contributed by atoms with Crippen molar-refractivity contribution >= 4 is 11.3 Å². The van der Waals surface area contributed by atoms with Crippen LogP contribution in [0.2, 0.25) is 0 Å². The van der Waals surface area contributed by atoms with Gasteiger partial charge in [0.1, 0.15) is 5.75 Å². The number of thiophene rings is 1. The first-order valence-electron chi connectivity index (χ1n) is 5.31. The van der Waals surface area contributed by atoms with Crippen molar-refractivity contribution in [1.29, 1.82) is 0 Å². The van der Waals surface area contributed by atoms with Crippen LogP contribution in [0.1, 0.15) is 17.7 Å². The van der Waals surface area contributed by atoms with E-state index < -0.39 is 0 Å². The van der Waals surface area contributed by atoms with E-state index in [9.17, 15) is 0 Å². The molecule has 1 saturated heterocycles. The molecule has 84 valence electrons. The zero-order valence-corrected chi connectivity index (χ0v) is 9.81. The van der Waals surface area contributed by atoms with Crippen LogP contribution < -0.4 is 10.1 Å². The van der Waals surface area contributed by atoms with Crippen molar-refractivity contribution in [3.8, 4) is 5.75 Å². The molecule has 4 heteroatoms. The van der Waals surface area contributed by atoms with E-state index in [2.05, 4.69) is 10.7 Å². The average Bonchev–Trinajstić information content (AvgIpc) is 2.75. The first kappa shape index (κ1) is 10.9. The molecule has 1 N–H and O–H groups in total. The molecule has 0 unspecified atom stereocenters. The molecule has 15 heavy (non-hydrogen) atoms. The lowest BCUT2D eigenvalue weighted by Crippen LogP contribution is -2.34. The number of rotatable bonds is 4. The normalized spacial score (nSPS) is 17.9. The maximum Gasteiger partial charge on any atom is 0.134 e. The van der Waals surface area contributed by atoms with Gasteiger partial charge in [0.15, 0.2) is 0 Å². The smallest absolute Gasteiger partial charge is 0.134 e. The monoisotopic (exact) mass is 227 g/mol. The molecule has 0 saturated carbocycles. The Morgan fingerprint density at radius 3 is 3.07 bits per heavy atom. The molecule has 2 rings (SSSR count). The molecule has 1 aliphatic rings. The number of hydrogen-bond acceptors (Lipinski definition) is 4. The van der Waals surface area contributed by atoms with Crippen LogP contribution in [-0.4, -0.2) is 26.4 Å². The van der Waals surface area contributed by atoms with Gasteiger partial charge in [-0.3, -0.25) is 0 Å². The zero-order chi connectivity index (χ0) is 10.5. The fourth-order valence-corrected chi connectivity index (χ4v) is 2.57. The second-order valence-corrected chi connectivity index (χ2v) is 4.68. The third-order valence-corrected chi connectivity index (χ3v) is 3.60. The van der Waals surface area contributed by atoms with Crippen LogP contribution in [0.5, 0.6) is 5.75 Å². The van der Waals surface area contributed by atoms with Crippen molar-refractivity contribution in [3.63, 3.8) is 0 Å². The lowest BCUT2D eigenvalue weighted by Gasteiger charge is -2.23. The van der Waals surface area contributed by atoms with E-state index in [1.807, 2.05) is 6.07 Å². The van der Waals surface area contributed by atoms with Crippen molar-refractivity contribution in [1.82, 2.24) is 5.32 Å². The Labute approximate surface area is 94.4 Å². The fraction of sp³-hybridized carbons (Fsp3) is 0.636. The first-order valence-corrected chi connectivity index (χ1v) is 6.19. The molecule has 0 amide bonds. The Balaban J connectivity index is 1.81. The van der Waals surface area contributed by atoms with E-state index in [4.69, 9.17) is 9.47 Å². The van der Waals surface area contributed by atoms with Crippen LogP contribution in [0.15, 0.2) is 11.4 Å². The highest BCUT2D eigenvalue weighted by Gasteiger charge is 2.13. The molecule has 1 aromatic heterocycles. The van der Waals surface area contributed by atoms with Crippen LogP contribution in [0.3, 0.4) is 0 Å². The van der Waals surface area contributed by atoms with Gasteiger partial charge in [-0.25, -0.2) is 0 Å². The van der Waals surface area contributed by atoms with Gasteiger partial charge >= 0.3 is 0 Å². The van der Waals surface area contributed by atoms with E-state index in [1.54, 1.807) is 18.4 Å². The molecular formula is C11H17NO2S. The van der Waals surface area contributed by atoms with Gasteiger partial charge in [0, 0.05) is 25.8 Å². The summed E-state index contributed by atoms with van der Waals surface area (Å²) in [6.45, 7) is 2.68. The van der Waals surface area contributed by atoms with E-state index in [0.29, 0.717) is 6.04 Å². The maximum atomic E-state index is 5.32. The Kier molecular flexibility index (Phi) is 4.00. The molecule has 1 aromatic rings. The molecule has 0 bridgehead atoms. The van der Waals surface area contributed by atoms with Gasteiger partial charge in [0.2, 0.25) is 0 Å². The average molecular weight is 227 g/mol. The number of ether oxygens (including phenoxy) is 2. The van der Waals surface area contributed by atoms with E-state index in [0.717, 1.165) is 38.3 Å². The first-order chi connectivity index (χ1) is 7.40. The third-order valence-electron chi connectivity index (χ3n) is 2.70. The second kappa shape index (κ2) is 5.49. The van der Waals surface area contributed by atoms with Gasteiger partial charge in [-0.05, 0) is 24.3 Å². The second-order valence-electron chi connectivity index (χ2n) is 3.68. The van der Waals surface area contributed by atoms with Gasteiger partial charge in [0.25, 0.3) is 0 Å². The highest BCUT2D eigenvalue weighted by Crippen LogP contribution is 2.24. The molecule has 0 spiro atoms. The van der Waals surface area contributed by atoms with Crippen LogP contribution in [0.4, 0.5) is 0 Å². The van der Waals surface area contributed by atoms with Gasteiger partial charge in [-0.1, -0.05) is 0 Å². The van der Waals surface area contributed by atoms with Crippen molar-refractivity contribution in [3.05, 3.63) is 16.3 Å². The summed E-state index contributed by atoms with van der Waals surface area (Å²) < 4.78 is 10.6. The summed E-state index contributed by atoms with van der Waals surface area (Å²) in [7, 11) is 1.72. The maximum absolute atomic E-state index is 5.32. The summed E-state index contributed by atoms with van der Waals surface area (Å²) in [5, 5.41) is 5.62. The number of methoxy groups -OCH3 is 1. The van der Waals surface area contributed by atoms with Crippen molar-refractivity contribution in [2.45, 2.75) is 25.4 Å². The molecule has 1 aliphatic heterocycles. The quantitative estimate of drug-likeness (QED) is 0.853. The minimum Gasteiger partial charge on any atom is -0.496 e. The third kappa shape index (κ3) is 2.93. The predicted molar refractivity (Wildman–Crippen MR) is 61.6 cm³/mol. The van der Waals surface area contributed by atoms with Gasteiger partial charge in [0.05, 0.1) is 12.0 Å². The molecule has 0 atom stereocenters. The van der Waals surface area contributed by atoms with Gasteiger partial charge in [-0.15, -0.1) is 11.3 Å². The summed E-state index contributed by atoms with van der Waals surface area (Å²) in [6, 6.07) is 2.62.